The number of aliphatic hydroxyl groups excluding tert-OH is 1. The van der Waals surface area contributed by atoms with Crippen LogP contribution in [0.2, 0.25) is 0 Å². The van der Waals surface area contributed by atoms with Gasteiger partial charge in [0.15, 0.2) is 0 Å². The molecule has 2 nitrogen and oxygen atoms in total. The molecule has 11 heavy (non-hydrogen) atoms. The van der Waals surface area contributed by atoms with E-state index in [1.54, 1.807) is 18.4 Å². The predicted octanol–water partition coefficient (Wildman–Crippen LogP) is 1.30. The number of hydrogen-bond acceptors (Lipinski definition) is 3. The molecule has 1 unspecified atom stereocenters. The molecule has 3 heteroatoms. The molecule has 1 aromatic rings. The van der Waals surface area contributed by atoms with Crippen molar-refractivity contribution in [3.05, 3.63) is 22.4 Å². The van der Waals surface area contributed by atoms with E-state index >= 15 is 0 Å². The summed E-state index contributed by atoms with van der Waals surface area (Å²) in [5.41, 5.74) is 0. The van der Waals surface area contributed by atoms with Gasteiger partial charge in [0.1, 0.15) is 0 Å². The van der Waals surface area contributed by atoms with Crippen molar-refractivity contribution in [1.29, 1.82) is 0 Å². The number of ether oxygens (including phenoxy) is 1. The van der Waals surface area contributed by atoms with E-state index in [1.807, 2.05) is 17.5 Å². The van der Waals surface area contributed by atoms with Gasteiger partial charge in [-0.1, -0.05) is 6.07 Å². The molecule has 0 fully saturated rings. The molecule has 0 saturated carbocycles. The largest absolute Gasteiger partial charge is 0.390 e. The summed E-state index contributed by atoms with van der Waals surface area (Å²) in [6.45, 7) is 0.415. The molecule has 0 aromatic carbocycles. The first-order valence-electron chi connectivity index (χ1n) is 3.52. The van der Waals surface area contributed by atoms with Crippen molar-refractivity contribution < 1.29 is 9.84 Å². The standard InChI is InChI=1S/C8H12O2S/c1-10-6-7(9)5-8-3-2-4-11-8/h2-4,7,9H,5-6H2,1H3. The molecule has 1 N–H and O–H groups in total. The maximum atomic E-state index is 9.30. The average molecular weight is 172 g/mol. The van der Waals surface area contributed by atoms with Crippen LogP contribution in [-0.2, 0) is 11.2 Å². The molecular formula is C8H12O2S. The van der Waals surface area contributed by atoms with Gasteiger partial charge in [0.05, 0.1) is 12.7 Å². The van der Waals surface area contributed by atoms with Gasteiger partial charge >= 0.3 is 0 Å². The molecule has 1 rings (SSSR count). The third-order valence-corrected chi connectivity index (χ3v) is 2.27. The third kappa shape index (κ3) is 3.01. The average Bonchev–Trinajstić information content (AvgIpc) is 2.40. The molecule has 0 aliphatic rings. The summed E-state index contributed by atoms with van der Waals surface area (Å²) in [4.78, 5) is 1.20. The zero-order valence-electron chi connectivity index (χ0n) is 6.49. The Balaban J connectivity index is 2.31. The Morgan fingerprint density at radius 1 is 1.73 bits per heavy atom. The number of thiophene rings is 1. The van der Waals surface area contributed by atoms with Crippen molar-refractivity contribution in [3.63, 3.8) is 0 Å². The number of rotatable bonds is 4. The summed E-state index contributed by atoms with van der Waals surface area (Å²) >= 11 is 1.66. The molecule has 0 aliphatic carbocycles. The maximum absolute atomic E-state index is 9.30. The van der Waals surface area contributed by atoms with E-state index in [0.29, 0.717) is 13.0 Å². The molecule has 0 radical (unpaired) electrons. The minimum absolute atomic E-state index is 0.362. The molecule has 0 bridgehead atoms. The lowest BCUT2D eigenvalue weighted by atomic mass is 10.2. The molecule has 1 aromatic heterocycles. The van der Waals surface area contributed by atoms with Crippen LogP contribution in [0.3, 0.4) is 0 Å². The van der Waals surface area contributed by atoms with Gasteiger partial charge in [0.2, 0.25) is 0 Å². The van der Waals surface area contributed by atoms with Crippen molar-refractivity contribution in [3.8, 4) is 0 Å². The van der Waals surface area contributed by atoms with Gasteiger partial charge in [0, 0.05) is 18.4 Å². The first kappa shape index (κ1) is 8.71. The van der Waals surface area contributed by atoms with Crippen LogP contribution >= 0.6 is 11.3 Å². The summed E-state index contributed by atoms with van der Waals surface area (Å²) in [5, 5.41) is 11.3. The quantitative estimate of drug-likeness (QED) is 0.741. The van der Waals surface area contributed by atoms with Gasteiger partial charge in [-0.15, -0.1) is 11.3 Å². The van der Waals surface area contributed by atoms with Crippen molar-refractivity contribution in [2.24, 2.45) is 0 Å². The summed E-state index contributed by atoms with van der Waals surface area (Å²) in [7, 11) is 1.59. The Morgan fingerprint density at radius 3 is 3.09 bits per heavy atom. The summed E-state index contributed by atoms with van der Waals surface area (Å²) in [6, 6.07) is 4.00. The predicted molar refractivity (Wildman–Crippen MR) is 45.9 cm³/mol. The van der Waals surface area contributed by atoms with Crippen LogP contribution in [0.15, 0.2) is 17.5 Å². The van der Waals surface area contributed by atoms with E-state index in [4.69, 9.17) is 4.74 Å². The SMILES string of the molecule is COCC(O)Cc1cccs1. The van der Waals surface area contributed by atoms with Crippen molar-refractivity contribution in [2.45, 2.75) is 12.5 Å². The molecule has 1 atom stereocenters. The van der Waals surface area contributed by atoms with E-state index in [1.165, 1.54) is 4.88 Å². The molecular weight excluding hydrogens is 160 g/mol. The minimum atomic E-state index is -0.362. The molecule has 0 saturated heterocycles. The van der Waals surface area contributed by atoms with Crippen LogP contribution in [-0.4, -0.2) is 24.9 Å². The molecule has 0 aliphatic heterocycles. The summed E-state index contributed by atoms with van der Waals surface area (Å²) in [6.07, 6.45) is 0.338. The third-order valence-electron chi connectivity index (χ3n) is 1.38. The monoisotopic (exact) mass is 172 g/mol. The fourth-order valence-electron chi connectivity index (χ4n) is 0.912. The number of hydrogen-bond donors (Lipinski definition) is 1. The highest BCUT2D eigenvalue weighted by Crippen LogP contribution is 2.10. The maximum Gasteiger partial charge on any atom is 0.0821 e. The Hall–Kier alpha value is -0.380. The zero-order valence-corrected chi connectivity index (χ0v) is 7.30. The number of aliphatic hydroxyl groups is 1. The number of methoxy groups -OCH3 is 1. The Bertz CT molecular complexity index is 184. The van der Waals surface area contributed by atoms with Gasteiger partial charge in [-0.2, -0.15) is 0 Å². The molecule has 0 amide bonds. The molecule has 62 valence electrons. The fourth-order valence-corrected chi connectivity index (χ4v) is 1.69. The topological polar surface area (TPSA) is 29.5 Å². The van der Waals surface area contributed by atoms with Crippen LogP contribution in [0, 0.1) is 0 Å². The zero-order chi connectivity index (χ0) is 8.10. The van der Waals surface area contributed by atoms with E-state index in [-0.39, 0.29) is 6.10 Å². The fraction of sp³-hybridized carbons (Fsp3) is 0.500. The lowest BCUT2D eigenvalue weighted by Gasteiger charge is -2.06. The Labute approximate surface area is 70.4 Å². The van der Waals surface area contributed by atoms with E-state index in [0.717, 1.165) is 0 Å². The van der Waals surface area contributed by atoms with Gasteiger partial charge in [-0.05, 0) is 11.4 Å². The van der Waals surface area contributed by atoms with Crippen LogP contribution in [0.4, 0.5) is 0 Å². The van der Waals surface area contributed by atoms with Gasteiger partial charge in [-0.25, -0.2) is 0 Å². The van der Waals surface area contributed by atoms with E-state index in [2.05, 4.69) is 0 Å². The van der Waals surface area contributed by atoms with Crippen molar-refractivity contribution in [1.82, 2.24) is 0 Å². The van der Waals surface area contributed by atoms with E-state index in [9.17, 15) is 5.11 Å². The first-order valence-corrected chi connectivity index (χ1v) is 4.40. The van der Waals surface area contributed by atoms with Gasteiger partial charge < -0.3 is 9.84 Å². The Kier molecular flexibility index (Phi) is 3.56. The van der Waals surface area contributed by atoms with Crippen LogP contribution in [0.25, 0.3) is 0 Å². The first-order chi connectivity index (χ1) is 5.33. The van der Waals surface area contributed by atoms with Gasteiger partial charge in [-0.3, -0.25) is 0 Å². The second-order valence-corrected chi connectivity index (χ2v) is 3.42. The van der Waals surface area contributed by atoms with Crippen molar-refractivity contribution >= 4 is 11.3 Å². The van der Waals surface area contributed by atoms with E-state index < -0.39 is 0 Å². The van der Waals surface area contributed by atoms with Crippen molar-refractivity contribution in [2.75, 3.05) is 13.7 Å². The van der Waals surface area contributed by atoms with Crippen LogP contribution in [0.5, 0.6) is 0 Å². The highest BCUT2D eigenvalue weighted by molar-refractivity contribution is 7.09. The second kappa shape index (κ2) is 4.49. The summed E-state index contributed by atoms with van der Waals surface area (Å²) < 4.78 is 4.81. The lowest BCUT2D eigenvalue weighted by Crippen LogP contribution is -2.16. The van der Waals surface area contributed by atoms with Gasteiger partial charge in [0.25, 0.3) is 0 Å². The Morgan fingerprint density at radius 2 is 2.55 bits per heavy atom. The van der Waals surface area contributed by atoms with Crippen LogP contribution < -0.4 is 0 Å². The molecule has 0 spiro atoms. The second-order valence-electron chi connectivity index (χ2n) is 2.39. The lowest BCUT2D eigenvalue weighted by molar-refractivity contribution is 0.0655. The normalized spacial score (nSPS) is 13.3. The van der Waals surface area contributed by atoms with Crippen LogP contribution in [0.1, 0.15) is 4.88 Å². The highest BCUT2D eigenvalue weighted by atomic mass is 32.1. The highest BCUT2D eigenvalue weighted by Gasteiger charge is 2.04. The minimum Gasteiger partial charge on any atom is -0.390 e. The smallest absolute Gasteiger partial charge is 0.0821 e. The summed E-state index contributed by atoms with van der Waals surface area (Å²) in [5.74, 6) is 0. The molecule has 1 heterocycles.